The molecule has 5 heterocycles. The predicted molar refractivity (Wildman–Crippen MR) is 216 cm³/mol. The monoisotopic (exact) mass is 978 g/mol. The average molecular weight is 979 g/mol. The Labute approximate surface area is 406 Å². The Morgan fingerprint density at radius 3 is 2.30 bits per heavy atom. The van der Waals surface area contributed by atoms with Gasteiger partial charge in [0.1, 0.15) is 79.3 Å². The molecule has 1 aromatic heterocycles. The van der Waals surface area contributed by atoms with Crippen LogP contribution in [0.4, 0.5) is 0 Å². The second-order valence-electron chi connectivity index (χ2n) is 15.8. The van der Waals surface area contributed by atoms with Crippen molar-refractivity contribution in [2.45, 2.75) is 124 Å². The van der Waals surface area contributed by atoms with E-state index in [1.165, 1.54) is 0 Å². The molecule has 16 atom stereocenters. The Kier molecular flexibility index (Phi) is 19.3. The fourth-order valence-corrected chi connectivity index (χ4v) is 9.16. The molecule has 1 aromatic carbocycles. The first-order valence-electron chi connectivity index (χ1n) is 20.6. The number of nitrogens with one attached hydrogen (secondary N) is 3. The van der Waals surface area contributed by atoms with Crippen LogP contribution in [0.2, 0.25) is 0 Å². The Morgan fingerprint density at radius 2 is 1.64 bits per heavy atom. The van der Waals surface area contributed by atoms with E-state index in [0.717, 1.165) is 41.2 Å². The number of azide groups is 1. The van der Waals surface area contributed by atoms with E-state index in [4.69, 9.17) is 38.7 Å². The molecule has 3 saturated heterocycles. The number of hydrogen-bond donors (Lipinski definition) is 11. The topological polar surface area (TPSA) is 403 Å². The molecule has 4 aliphatic rings. The third kappa shape index (κ3) is 12.2. The first kappa shape index (κ1) is 54.3. The first-order valence-corrected chi connectivity index (χ1v) is 21.4. The summed E-state index contributed by atoms with van der Waals surface area (Å²) >= 11 is 1.15. The van der Waals surface area contributed by atoms with Crippen molar-refractivity contribution in [2.24, 2.45) is 5.11 Å². The van der Waals surface area contributed by atoms with Gasteiger partial charge in [0.25, 0.3) is 5.91 Å². The van der Waals surface area contributed by atoms with Gasteiger partial charge in [0.15, 0.2) is 12.6 Å². The van der Waals surface area contributed by atoms with Gasteiger partial charge in [-0.1, -0.05) is 17.2 Å². The summed E-state index contributed by atoms with van der Waals surface area (Å²) < 4.78 is 39.9. The number of amides is 3. The van der Waals surface area contributed by atoms with Gasteiger partial charge < -0.3 is 99.9 Å². The number of benzene rings is 1. The number of aliphatic carboxylic acids is 1. The van der Waals surface area contributed by atoms with Crippen LogP contribution in [0, 0.1) is 0 Å². The number of hydrogen-bond acceptors (Lipinski definition) is 22. The third-order valence-corrected chi connectivity index (χ3v) is 12.4. The molecule has 364 valence electrons. The smallest absolute Gasteiger partial charge is 0.544 e. The maximum absolute atomic E-state index is 13.3. The molecule has 0 spiro atoms. The molecule has 26 nitrogen and oxygen atoms in total. The van der Waals surface area contributed by atoms with Crippen molar-refractivity contribution >= 4 is 35.0 Å². The van der Waals surface area contributed by atoms with Gasteiger partial charge in [0.2, 0.25) is 17.6 Å². The number of aliphatic hydroxyl groups excluding tert-OH is 8. The van der Waals surface area contributed by atoms with Crippen molar-refractivity contribution in [2.75, 3.05) is 32.9 Å². The van der Waals surface area contributed by atoms with Gasteiger partial charge in [-0.05, 0) is 23.7 Å². The summed E-state index contributed by atoms with van der Waals surface area (Å²) in [6.07, 6.45) is -26.3. The molecule has 67 heavy (non-hydrogen) atoms. The van der Waals surface area contributed by atoms with Gasteiger partial charge in [-0.3, -0.25) is 14.4 Å². The number of para-hydroxylation sites is 1. The number of carboxylic acids is 1. The second-order valence-corrected chi connectivity index (χ2v) is 16.8. The molecule has 3 amide bonds. The number of thiophene rings is 1. The maximum Gasteiger partial charge on any atom is 1.00 e. The van der Waals surface area contributed by atoms with Gasteiger partial charge in [0, 0.05) is 54.3 Å². The minimum atomic E-state index is -3.23. The van der Waals surface area contributed by atoms with E-state index in [-0.39, 0.29) is 54.2 Å². The number of aliphatic hydroxyl groups is 8. The number of nitrogens with zero attached hydrogens (tertiary/aromatic N) is 3. The zero-order chi connectivity index (χ0) is 48.0. The van der Waals surface area contributed by atoms with Crippen molar-refractivity contribution in [1.82, 2.24) is 16.0 Å². The molecule has 0 radical (unpaired) electrons. The summed E-state index contributed by atoms with van der Waals surface area (Å²) in [6, 6.07) is 5.74. The third-order valence-electron chi connectivity index (χ3n) is 11.2. The van der Waals surface area contributed by atoms with Gasteiger partial charge in [-0.15, -0.1) is 11.3 Å². The molecule has 11 N–H and O–H groups in total. The maximum atomic E-state index is 13.3. The number of carboxylic acid groups (broad SMARTS) is 1. The van der Waals surface area contributed by atoms with E-state index in [1.54, 1.807) is 18.2 Å². The van der Waals surface area contributed by atoms with E-state index < -0.39 is 147 Å². The van der Waals surface area contributed by atoms with Crippen molar-refractivity contribution in [3.05, 3.63) is 51.2 Å². The van der Waals surface area contributed by atoms with Crippen molar-refractivity contribution in [3.8, 4) is 16.2 Å². The van der Waals surface area contributed by atoms with Crippen LogP contribution in [0.3, 0.4) is 0 Å². The van der Waals surface area contributed by atoms with Crippen LogP contribution in [0.15, 0.2) is 35.4 Å². The SMILES string of the molecule is CC(=O)N[C@H]1[C@H](OCCN=[N+]=[N-])O[C@H](CO)[C@@H](O[C@@H]2O[C@H](CO)[C@H](O)[C@H](O[C@]3(C(=O)[O-])C[C@H](O)[C@@H](NC(C)=O)[C@H]([C@H](O)[C@H](O)CNC(=O)c4cc5c(s4)-c4ccccc4OC5)O3)[C@H]2O)[C@@H]1O.[Na+]. The minimum absolute atomic E-state index is 0. The Morgan fingerprint density at radius 1 is 0.970 bits per heavy atom. The molecule has 0 aliphatic carbocycles. The van der Waals surface area contributed by atoms with E-state index >= 15 is 0 Å². The zero-order valence-electron chi connectivity index (χ0n) is 36.2. The number of fused-ring (bicyclic) bond motifs is 3. The molecule has 0 bridgehead atoms. The fourth-order valence-electron chi connectivity index (χ4n) is 8.05. The standard InChI is InChI=1S/C39H52N6O20S.Na/c1-15(48)43-25-19(50)10-39(38(57)58,64-32(25)27(52)20(51)11-41-35(56)24-9-17-14-60-21-6-4-3-5-18(21)34(17)66-24)65-33-28(53)22(12-46)61-37(30(33)55)63-31-23(13-47)62-36(59-8-7-42-45-40)26(29(31)54)44-16(2)49;/h3-6,9,19-20,22-23,25-33,36-37,46-47,50-55H,7-8,10-14H2,1-2H3,(H,41,56)(H,43,48)(H,44,49)(H,57,58);/q;+1/p-1/t19-,20+,22+,23+,25+,26+,27+,28-,29+,30+,31+,32+,33-,36+,37-,39-;/m0./s1. The normalized spacial score (nSPS) is 33.2. The van der Waals surface area contributed by atoms with Crippen LogP contribution in [0.5, 0.6) is 5.75 Å². The average Bonchev–Trinajstić information content (AvgIpc) is 3.74. The van der Waals surface area contributed by atoms with Crippen LogP contribution < -0.4 is 55.4 Å². The van der Waals surface area contributed by atoms with Crippen LogP contribution in [0.1, 0.15) is 35.5 Å². The second kappa shape index (κ2) is 23.8. The van der Waals surface area contributed by atoms with Gasteiger partial charge in [0.05, 0.1) is 42.9 Å². The summed E-state index contributed by atoms with van der Waals surface area (Å²) in [5, 5.41) is 112. The van der Waals surface area contributed by atoms with Gasteiger partial charge in [-0.2, -0.15) is 0 Å². The van der Waals surface area contributed by atoms with E-state index in [9.17, 15) is 65.1 Å². The molecular weight excluding hydrogens is 928 g/mol. The Hall–Kier alpha value is -3.65. The van der Waals surface area contributed by atoms with E-state index in [0.29, 0.717) is 5.75 Å². The van der Waals surface area contributed by atoms with Crippen LogP contribution >= 0.6 is 11.3 Å². The largest absolute Gasteiger partial charge is 1.00 e. The number of ether oxygens (including phenoxy) is 7. The summed E-state index contributed by atoms with van der Waals surface area (Å²) in [5.41, 5.74) is 10.1. The number of rotatable bonds is 18. The Bertz CT molecular complexity index is 2100. The fraction of sp³-hybridized carbons (Fsp3) is 0.641. The molecule has 6 rings (SSSR count). The molecule has 28 heteroatoms. The van der Waals surface area contributed by atoms with Gasteiger partial charge in [-0.25, -0.2) is 0 Å². The summed E-state index contributed by atoms with van der Waals surface area (Å²) in [6.45, 7) is -0.682. The summed E-state index contributed by atoms with van der Waals surface area (Å²) in [5.74, 6) is -6.99. The first-order chi connectivity index (χ1) is 31.4. The van der Waals surface area contributed by atoms with Crippen LogP contribution in [-0.2, 0) is 49.4 Å². The number of carbonyl (C=O) groups excluding carboxylic acids is 4. The van der Waals surface area contributed by atoms with Crippen molar-refractivity contribution in [1.29, 1.82) is 0 Å². The summed E-state index contributed by atoms with van der Waals surface area (Å²) in [7, 11) is 0. The van der Waals surface area contributed by atoms with Crippen LogP contribution in [-0.4, -0.2) is 195 Å². The summed E-state index contributed by atoms with van der Waals surface area (Å²) in [4.78, 5) is 54.3. The van der Waals surface area contributed by atoms with E-state index in [1.807, 2.05) is 12.1 Å². The van der Waals surface area contributed by atoms with Crippen molar-refractivity contribution < 1.29 is 128 Å². The number of carbonyl (C=O) groups is 4. The van der Waals surface area contributed by atoms with Crippen molar-refractivity contribution in [3.63, 3.8) is 0 Å². The van der Waals surface area contributed by atoms with Crippen LogP contribution in [0.25, 0.3) is 20.9 Å². The molecule has 3 fully saturated rings. The molecule has 2 aromatic rings. The molecule has 0 unspecified atom stereocenters. The predicted octanol–water partition coefficient (Wildman–Crippen LogP) is -8.02. The van der Waals surface area contributed by atoms with E-state index in [2.05, 4.69) is 26.0 Å². The molecular formula is C39H51N6NaO20S. The Balaban J connectivity index is 0.00000840. The van der Waals surface area contributed by atoms with Gasteiger partial charge >= 0.3 is 29.6 Å². The quantitative estimate of drug-likeness (QED) is 0.0217. The minimum Gasteiger partial charge on any atom is -0.544 e. The molecule has 0 saturated carbocycles. The molecule has 4 aliphatic heterocycles. The zero-order valence-corrected chi connectivity index (χ0v) is 39.0.